The lowest BCUT2D eigenvalue weighted by Gasteiger charge is -2.40. The smallest absolute Gasteiger partial charge is 0.200 e. The van der Waals surface area contributed by atoms with Crippen LogP contribution in [0.4, 0.5) is 0 Å². The minimum atomic E-state index is -1.94. The van der Waals surface area contributed by atoms with Crippen molar-refractivity contribution in [1.29, 1.82) is 0 Å². The predicted octanol–water partition coefficient (Wildman–Crippen LogP) is -1.04. The van der Waals surface area contributed by atoms with Gasteiger partial charge in [0, 0.05) is 5.56 Å². The van der Waals surface area contributed by atoms with E-state index in [1.54, 1.807) is 0 Å². The summed E-state index contributed by atoms with van der Waals surface area (Å²) in [5.41, 5.74) is -1.83. The normalized spacial score (nSPS) is 26.5. The number of ether oxygens (including phenoxy) is 1. The van der Waals surface area contributed by atoms with Crippen LogP contribution in [0.2, 0.25) is 0 Å². The minimum absolute atomic E-state index is 0.181. The van der Waals surface area contributed by atoms with Crippen molar-refractivity contribution in [2.24, 2.45) is 0 Å². The van der Waals surface area contributed by atoms with E-state index in [0.29, 0.717) is 0 Å². The van der Waals surface area contributed by atoms with Gasteiger partial charge in [-0.15, -0.1) is 0 Å². The molecule has 2 aromatic rings. The highest BCUT2D eigenvalue weighted by Gasteiger charge is 2.47. The highest BCUT2D eigenvalue weighted by molar-refractivity contribution is 6.13. The number of phenolic OH excluding ortho intramolecular Hbond substituents is 5. The van der Waals surface area contributed by atoms with Gasteiger partial charge in [0.25, 0.3) is 0 Å². The quantitative estimate of drug-likeness (QED) is 0.164. The van der Waals surface area contributed by atoms with E-state index in [1.165, 1.54) is 18.2 Å². The lowest BCUT2D eigenvalue weighted by Crippen LogP contribution is -2.55. The second-order valence-corrected chi connectivity index (χ2v) is 6.81. The van der Waals surface area contributed by atoms with E-state index in [1.807, 2.05) is 0 Å². The van der Waals surface area contributed by atoms with Crippen LogP contribution in [0.25, 0.3) is 0 Å². The van der Waals surface area contributed by atoms with Crippen molar-refractivity contribution in [3.63, 3.8) is 0 Å². The van der Waals surface area contributed by atoms with Gasteiger partial charge in [-0.3, -0.25) is 4.79 Å². The van der Waals surface area contributed by atoms with E-state index in [2.05, 4.69) is 0 Å². The highest BCUT2D eigenvalue weighted by Crippen LogP contribution is 2.52. The van der Waals surface area contributed by atoms with Crippen molar-refractivity contribution >= 4 is 5.78 Å². The van der Waals surface area contributed by atoms with Crippen LogP contribution in [0.1, 0.15) is 27.6 Å². The van der Waals surface area contributed by atoms with Crippen molar-refractivity contribution in [2.75, 3.05) is 6.61 Å². The summed E-state index contributed by atoms with van der Waals surface area (Å²) < 4.78 is 5.22. The molecule has 0 radical (unpaired) electrons. The number of rotatable bonds is 4. The van der Waals surface area contributed by atoms with Crippen LogP contribution in [0.5, 0.6) is 28.7 Å². The molecule has 5 atom stereocenters. The average Bonchev–Trinajstić information content (AvgIpc) is 2.72. The fraction of sp³-hybridized carbons (Fsp3) is 0.316. The van der Waals surface area contributed by atoms with Gasteiger partial charge in [0.05, 0.1) is 12.2 Å². The summed E-state index contributed by atoms with van der Waals surface area (Å²) in [5, 5.41) is 90.2. The number of phenols is 5. The Morgan fingerprint density at radius 2 is 1.47 bits per heavy atom. The standard InChI is InChI=1S/C19H20O11/c20-5-8-12(23)17(28)18(29)19(30-8)10-15(26)13(24)9(14(25)16(10)27)11(22)6-2-1-3-7(21)4-6/h1-4,8,12,17-21,23-29H,5H2. The van der Waals surface area contributed by atoms with Crippen LogP contribution < -0.4 is 0 Å². The number of ketones is 1. The maximum Gasteiger partial charge on any atom is 0.200 e. The second-order valence-electron chi connectivity index (χ2n) is 6.81. The molecule has 1 heterocycles. The lowest BCUT2D eigenvalue weighted by molar-refractivity contribution is -0.232. The molecule has 0 aliphatic carbocycles. The van der Waals surface area contributed by atoms with Gasteiger partial charge in [-0.1, -0.05) is 12.1 Å². The third-order valence-corrected chi connectivity index (χ3v) is 4.94. The molecule has 11 heteroatoms. The Labute approximate surface area is 168 Å². The van der Waals surface area contributed by atoms with Crippen molar-refractivity contribution in [1.82, 2.24) is 0 Å². The Hall–Kier alpha value is -3.09. The molecule has 0 spiro atoms. The van der Waals surface area contributed by atoms with E-state index in [0.717, 1.165) is 6.07 Å². The molecule has 1 aliphatic rings. The number of benzene rings is 2. The molecule has 9 N–H and O–H groups in total. The largest absolute Gasteiger partial charge is 0.508 e. The molecule has 0 bridgehead atoms. The molecular formula is C19H20O11. The fourth-order valence-corrected chi connectivity index (χ4v) is 3.33. The van der Waals surface area contributed by atoms with E-state index < -0.39 is 77.0 Å². The van der Waals surface area contributed by atoms with Crippen LogP contribution in [-0.4, -0.2) is 82.8 Å². The zero-order valence-electron chi connectivity index (χ0n) is 15.2. The maximum atomic E-state index is 12.6. The third kappa shape index (κ3) is 3.38. The Balaban J connectivity index is 2.12. The van der Waals surface area contributed by atoms with Crippen LogP contribution in [0, 0.1) is 0 Å². The Morgan fingerprint density at radius 1 is 0.867 bits per heavy atom. The fourth-order valence-electron chi connectivity index (χ4n) is 3.33. The van der Waals surface area contributed by atoms with Crippen LogP contribution in [-0.2, 0) is 4.74 Å². The summed E-state index contributed by atoms with van der Waals surface area (Å²) in [5.74, 6) is -5.94. The molecule has 0 amide bonds. The predicted molar refractivity (Wildman–Crippen MR) is 97.4 cm³/mol. The van der Waals surface area contributed by atoms with Crippen molar-refractivity contribution < 1.29 is 55.5 Å². The Kier molecular flexibility index (Phi) is 5.74. The zero-order valence-corrected chi connectivity index (χ0v) is 15.2. The molecular weight excluding hydrogens is 404 g/mol. The van der Waals surface area contributed by atoms with Crippen molar-refractivity contribution in [3.8, 4) is 28.7 Å². The lowest BCUT2D eigenvalue weighted by atomic mass is 9.88. The highest BCUT2D eigenvalue weighted by atomic mass is 16.5. The molecule has 3 rings (SSSR count). The second kappa shape index (κ2) is 7.97. The van der Waals surface area contributed by atoms with Crippen molar-refractivity contribution in [3.05, 3.63) is 41.0 Å². The summed E-state index contributed by atoms with van der Waals surface area (Å²) in [6.45, 7) is -0.797. The first kappa shape index (κ1) is 21.6. The van der Waals surface area contributed by atoms with E-state index in [9.17, 15) is 50.8 Å². The number of aliphatic hydroxyl groups is 4. The van der Waals surface area contributed by atoms with Gasteiger partial charge in [0.15, 0.2) is 23.0 Å². The summed E-state index contributed by atoms with van der Waals surface area (Å²) >= 11 is 0. The summed E-state index contributed by atoms with van der Waals surface area (Å²) in [7, 11) is 0. The van der Waals surface area contributed by atoms with Gasteiger partial charge < -0.3 is 50.7 Å². The van der Waals surface area contributed by atoms with Gasteiger partial charge in [0.1, 0.15) is 41.8 Å². The average molecular weight is 424 g/mol. The Bertz CT molecular complexity index is 942. The monoisotopic (exact) mass is 424 g/mol. The number of aromatic hydroxyl groups is 5. The SMILES string of the molecule is O=C(c1cccc(O)c1)c1c(O)c(O)c(C2OC(CO)C(O)C(O)C2O)c(O)c1O. The molecule has 1 aliphatic heterocycles. The number of aliphatic hydroxyl groups excluding tert-OH is 4. The number of hydrogen-bond acceptors (Lipinski definition) is 11. The van der Waals surface area contributed by atoms with E-state index >= 15 is 0 Å². The van der Waals surface area contributed by atoms with Crippen LogP contribution >= 0.6 is 0 Å². The molecule has 162 valence electrons. The van der Waals surface area contributed by atoms with Crippen molar-refractivity contribution in [2.45, 2.75) is 30.5 Å². The topological polar surface area (TPSA) is 208 Å². The Morgan fingerprint density at radius 3 is 2.00 bits per heavy atom. The molecule has 1 fully saturated rings. The summed E-state index contributed by atoms with van der Waals surface area (Å²) in [6, 6.07) is 4.87. The molecule has 2 aromatic carbocycles. The molecule has 11 nitrogen and oxygen atoms in total. The summed E-state index contributed by atoms with van der Waals surface area (Å²) in [4.78, 5) is 12.6. The third-order valence-electron chi connectivity index (χ3n) is 4.94. The van der Waals surface area contributed by atoms with Gasteiger partial charge >= 0.3 is 0 Å². The molecule has 5 unspecified atom stereocenters. The van der Waals surface area contributed by atoms with Crippen LogP contribution in [0.15, 0.2) is 24.3 Å². The molecule has 30 heavy (non-hydrogen) atoms. The maximum absolute atomic E-state index is 12.6. The number of carbonyl (C=O) groups excluding carboxylic acids is 1. The zero-order chi connectivity index (χ0) is 22.3. The van der Waals surface area contributed by atoms with E-state index in [-0.39, 0.29) is 11.3 Å². The number of carbonyl (C=O) groups is 1. The summed E-state index contributed by atoms with van der Waals surface area (Å²) in [6.07, 6.45) is -8.71. The molecule has 0 aromatic heterocycles. The van der Waals surface area contributed by atoms with E-state index in [4.69, 9.17) is 4.74 Å². The molecule has 0 saturated carbocycles. The first-order valence-corrected chi connectivity index (χ1v) is 8.74. The van der Waals surface area contributed by atoms with Gasteiger partial charge in [0.2, 0.25) is 5.78 Å². The van der Waals surface area contributed by atoms with Gasteiger partial charge in [-0.05, 0) is 12.1 Å². The first-order chi connectivity index (χ1) is 14.1. The minimum Gasteiger partial charge on any atom is -0.508 e. The van der Waals surface area contributed by atoms with Gasteiger partial charge in [-0.2, -0.15) is 0 Å². The van der Waals surface area contributed by atoms with Gasteiger partial charge in [-0.25, -0.2) is 0 Å². The molecule has 1 saturated heterocycles. The number of hydrogen-bond donors (Lipinski definition) is 9. The first-order valence-electron chi connectivity index (χ1n) is 8.74. The van der Waals surface area contributed by atoms with Crippen LogP contribution in [0.3, 0.4) is 0 Å².